The van der Waals surface area contributed by atoms with Gasteiger partial charge in [0.05, 0.1) is 32.7 Å². The van der Waals surface area contributed by atoms with Crippen LogP contribution in [0.25, 0.3) is 0 Å². The Morgan fingerprint density at radius 3 is 2.62 bits per heavy atom. The van der Waals surface area contributed by atoms with Crippen LogP contribution in [0.4, 0.5) is 0 Å². The first kappa shape index (κ1) is 28.3. The molecule has 0 saturated heterocycles. The lowest BCUT2D eigenvalue weighted by atomic mass is 9.79. The molecule has 0 spiro atoms. The first-order chi connectivity index (χ1) is 16.2. The second-order valence-corrected chi connectivity index (χ2v) is 11.8. The van der Waals surface area contributed by atoms with Crippen molar-refractivity contribution < 1.29 is 31.1 Å². The molecule has 0 amide bonds. The van der Waals surface area contributed by atoms with E-state index in [4.69, 9.17) is 9.47 Å². The summed E-state index contributed by atoms with van der Waals surface area (Å²) in [7, 11) is -1.33. The summed E-state index contributed by atoms with van der Waals surface area (Å²) in [5, 5.41) is 0. The maximum Gasteiger partial charge on any atom is 0.399 e. The normalized spacial score (nSPS) is 19.8. The largest absolute Gasteiger partial charge is 0.462 e. The quantitative estimate of drug-likeness (QED) is 0.262. The minimum atomic E-state index is -3.96. The van der Waals surface area contributed by atoms with E-state index < -0.39 is 10.4 Å². The van der Waals surface area contributed by atoms with Crippen molar-refractivity contribution in [2.24, 2.45) is 5.41 Å². The van der Waals surface area contributed by atoms with Crippen molar-refractivity contribution in [1.82, 2.24) is 0 Å². The monoisotopic (exact) mass is 511 g/mol. The lowest BCUT2D eigenvalue weighted by Crippen LogP contribution is -2.26. The number of allylic oxidation sites excluding steroid dienone is 5. The van der Waals surface area contributed by atoms with E-state index in [9.17, 15) is 13.2 Å². The molecule has 1 aromatic carbocycles. The fourth-order valence-electron chi connectivity index (χ4n) is 3.66. The van der Waals surface area contributed by atoms with Crippen molar-refractivity contribution in [2.75, 3.05) is 39.4 Å². The van der Waals surface area contributed by atoms with Crippen molar-refractivity contribution in [3.63, 3.8) is 0 Å². The van der Waals surface area contributed by atoms with E-state index in [1.54, 1.807) is 13.2 Å². The van der Waals surface area contributed by atoms with Crippen molar-refractivity contribution in [3.8, 4) is 0 Å². The van der Waals surface area contributed by atoms with Crippen LogP contribution in [-0.2, 0) is 49.7 Å². The molecule has 0 bridgehead atoms. The van der Waals surface area contributed by atoms with Gasteiger partial charge in [0.15, 0.2) is 0 Å². The Morgan fingerprint density at radius 1 is 1.21 bits per heavy atom. The zero-order valence-electron chi connectivity index (χ0n) is 20.3. The molecule has 1 aliphatic rings. The number of ether oxygens (including phenoxy) is 2. The maximum atomic E-state index is 12.3. The summed E-state index contributed by atoms with van der Waals surface area (Å²) in [5.74, 6) is 1.09. The first-order valence-electron chi connectivity index (χ1n) is 11.0. The zero-order chi connectivity index (χ0) is 25.0. The Bertz CT molecular complexity index is 970. The molecule has 9 heteroatoms. The SMILES string of the molecule is COC(CCOC(=O)C[S+](C)Cc1ccccc1)CC1(C)C=CC=C1/C=C/COS(=O)(=O)OC. The van der Waals surface area contributed by atoms with Crippen molar-refractivity contribution in [2.45, 2.75) is 31.6 Å². The number of carbonyl (C=O) groups is 1. The highest BCUT2D eigenvalue weighted by atomic mass is 32.3. The first-order valence-corrected chi connectivity index (χ1v) is 14.3. The number of carbonyl (C=O) groups excluding carboxylic acids is 1. The summed E-state index contributed by atoms with van der Waals surface area (Å²) < 4.78 is 42.6. The molecule has 0 aromatic heterocycles. The van der Waals surface area contributed by atoms with Crippen LogP contribution in [-0.4, -0.2) is 59.9 Å². The van der Waals surface area contributed by atoms with E-state index in [2.05, 4.69) is 39.8 Å². The third-order valence-corrected chi connectivity index (χ3v) is 7.91. The van der Waals surface area contributed by atoms with Gasteiger partial charge in [0, 0.05) is 35.4 Å². The highest BCUT2D eigenvalue weighted by molar-refractivity contribution is 7.96. The van der Waals surface area contributed by atoms with E-state index in [0.717, 1.165) is 18.4 Å². The van der Waals surface area contributed by atoms with Gasteiger partial charge in [0.25, 0.3) is 0 Å². The average Bonchev–Trinajstić information content (AvgIpc) is 3.16. The highest BCUT2D eigenvalue weighted by Crippen LogP contribution is 2.39. The van der Waals surface area contributed by atoms with Gasteiger partial charge in [-0.25, -0.2) is 8.98 Å². The second-order valence-electron chi connectivity index (χ2n) is 8.29. The molecular weight excluding hydrogens is 476 g/mol. The molecule has 34 heavy (non-hydrogen) atoms. The minimum Gasteiger partial charge on any atom is -0.462 e. The fraction of sp³-hybridized carbons (Fsp3) is 0.480. The molecule has 188 valence electrons. The Morgan fingerprint density at radius 2 is 1.94 bits per heavy atom. The molecule has 1 aliphatic carbocycles. The Balaban J connectivity index is 1.77. The molecule has 0 heterocycles. The van der Waals surface area contributed by atoms with E-state index in [1.807, 2.05) is 36.4 Å². The topological polar surface area (TPSA) is 88.1 Å². The van der Waals surface area contributed by atoms with Crippen LogP contribution in [0.1, 0.15) is 25.3 Å². The molecular formula is C25H35O7S2+. The number of hydrogen-bond acceptors (Lipinski definition) is 7. The zero-order valence-corrected chi connectivity index (χ0v) is 21.9. The van der Waals surface area contributed by atoms with Crippen molar-refractivity contribution >= 4 is 27.3 Å². The fourth-order valence-corrected chi connectivity index (χ4v) is 5.35. The van der Waals surface area contributed by atoms with Gasteiger partial charge in [-0.05, 0) is 12.0 Å². The molecule has 0 aliphatic heterocycles. The van der Waals surface area contributed by atoms with Crippen LogP contribution in [0.2, 0.25) is 0 Å². The van der Waals surface area contributed by atoms with E-state index in [0.29, 0.717) is 25.2 Å². The van der Waals surface area contributed by atoms with E-state index in [-0.39, 0.29) is 35.0 Å². The summed E-state index contributed by atoms with van der Waals surface area (Å²) in [5.41, 5.74) is 1.96. The Hall–Kier alpha value is -1.91. The number of methoxy groups -OCH3 is 1. The van der Waals surface area contributed by atoms with Gasteiger partial charge < -0.3 is 9.47 Å². The lowest BCUT2D eigenvalue weighted by molar-refractivity contribution is -0.141. The second kappa shape index (κ2) is 13.8. The molecule has 0 N–H and O–H groups in total. The summed E-state index contributed by atoms with van der Waals surface area (Å²) in [4.78, 5) is 12.3. The molecule has 7 nitrogen and oxygen atoms in total. The van der Waals surface area contributed by atoms with Crippen LogP contribution >= 0.6 is 0 Å². The Kier molecular flexibility index (Phi) is 11.5. The maximum absolute atomic E-state index is 12.3. The van der Waals surface area contributed by atoms with Gasteiger partial charge >= 0.3 is 16.4 Å². The molecule has 0 fully saturated rings. The van der Waals surface area contributed by atoms with Gasteiger partial charge in [-0.3, -0.25) is 4.18 Å². The third kappa shape index (κ3) is 9.76. The van der Waals surface area contributed by atoms with Crippen molar-refractivity contribution in [3.05, 3.63) is 71.8 Å². The minimum absolute atomic E-state index is 0.0787. The number of hydrogen-bond donors (Lipinski definition) is 0. The van der Waals surface area contributed by atoms with Gasteiger partial charge in [-0.1, -0.05) is 67.6 Å². The highest BCUT2D eigenvalue weighted by Gasteiger charge is 2.31. The molecule has 1 aromatic rings. The molecule has 2 rings (SSSR count). The van der Waals surface area contributed by atoms with Crippen LogP contribution < -0.4 is 0 Å². The molecule has 3 unspecified atom stereocenters. The van der Waals surface area contributed by atoms with Crippen molar-refractivity contribution in [1.29, 1.82) is 0 Å². The standard InChI is InChI=1S/C25H35O7S2/c1-25(15-8-12-22(25)13-9-16-32-34(27,28)30-3)18-23(29-2)14-17-31-24(26)20-33(4)19-21-10-6-5-7-11-21/h5-13,15,23H,14,16-20H2,1-4H3/q+1/b13-9+. The average molecular weight is 512 g/mol. The smallest absolute Gasteiger partial charge is 0.399 e. The third-order valence-electron chi connectivity index (χ3n) is 5.52. The summed E-state index contributed by atoms with van der Waals surface area (Å²) in [6, 6.07) is 10.1. The van der Waals surface area contributed by atoms with E-state index in [1.165, 1.54) is 5.56 Å². The predicted octanol–water partition coefficient (Wildman–Crippen LogP) is 3.74. The van der Waals surface area contributed by atoms with Crippen LogP contribution in [0.5, 0.6) is 0 Å². The van der Waals surface area contributed by atoms with Gasteiger partial charge in [-0.2, -0.15) is 8.42 Å². The molecule has 3 atom stereocenters. The van der Waals surface area contributed by atoms with Gasteiger partial charge in [0.2, 0.25) is 5.75 Å². The van der Waals surface area contributed by atoms with Crippen LogP contribution in [0.3, 0.4) is 0 Å². The summed E-state index contributed by atoms with van der Waals surface area (Å²) in [6.07, 6.45) is 12.8. The van der Waals surface area contributed by atoms with Gasteiger partial charge in [-0.15, -0.1) is 0 Å². The van der Waals surface area contributed by atoms with E-state index >= 15 is 0 Å². The summed E-state index contributed by atoms with van der Waals surface area (Å²) in [6.45, 7) is 2.28. The van der Waals surface area contributed by atoms with Crippen LogP contribution in [0, 0.1) is 5.41 Å². The predicted molar refractivity (Wildman–Crippen MR) is 136 cm³/mol. The summed E-state index contributed by atoms with van der Waals surface area (Å²) >= 11 is 0. The lowest BCUT2D eigenvalue weighted by Gasteiger charge is -2.29. The molecule has 0 saturated carbocycles. The van der Waals surface area contributed by atoms with Gasteiger partial charge in [0.1, 0.15) is 5.75 Å². The number of rotatable bonds is 15. The Labute approximate surface area is 206 Å². The molecule has 0 radical (unpaired) electrons. The number of esters is 1. The van der Waals surface area contributed by atoms with Crippen LogP contribution in [0.15, 0.2) is 66.3 Å². The number of benzene rings is 1.